The van der Waals surface area contributed by atoms with Crippen molar-refractivity contribution in [3.63, 3.8) is 0 Å². The zero-order chi connectivity index (χ0) is 14.8. The lowest BCUT2D eigenvalue weighted by Gasteiger charge is -2.14. The Labute approximate surface area is 128 Å². The predicted octanol–water partition coefficient (Wildman–Crippen LogP) is 3.60. The molecule has 0 N–H and O–H groups in total. The van der Waals surface area contributed by atoms with Gasteiger partial charge in [-0.15, -0.1) is 10.2 Å². The van der Waals surface area contributed by atoms with E-state index >= 15 is 0 Å². The maximum absolute atomic E-state index is 6.20. The summed E-state index contributed by atoms with van der Waals surface area (Å²) in [4.78, 5) is 0. The maximum atomic E-state index is 6.20. The number of nitrogens with zero attached hydrogens (tertiary/aromatic N) is 3. The van der Waals surface area contributed by atoms with Crippen molar-refractivity contribution in [1.82, 2.24) is 14.8 Å². The number of hydrogen-bond acceptors (Lipinski definition) is 4. The Morgan fingerprint density at radius 3 is 2.52 bits per heavy atom. The van der Waals surface area contributed by atoms with Crippen LogP contribution in [0.5, 0.6) is 11.5 Å². The molecule has 0 spiro atoms. The van der Waals surface area contributed by atoms with E-state index in [0.29, 0.717) is 30.2 Å². The summed E-state index contributed by atoms with van der Waals surface area (Å²) in [6.07, 6.45) is 2.29. The highest BCUT2D eigenvalue weighted by Gasteiger charge is 2.30. The fraction of sp³-hybridized carbons (Fsp3) is 0.467. The van der Waals surface area contributed by atoms with Gasteiger partial charge in [0.2, 0.25) is 5.28 Å². The molecule has 0 unspecified atom stereocenters. The molecule has 6 heteroatoms. The van der Waals surface area contributed by atoms with Crippen molar-refractivity contribution in [3.05, 3.63) is 29.3 Å². The van der Waals surface area contributed by atoms with E-state index in [-0.39, 0.29) is 0 Å². The van der Waals surface area contributed by atoms with Crippen LogP contribution in [-0.4, -0.2) is 28.0 Å². The van der Waals surface area contributed by atoms with Crippen molar-refractivity contribution in [2.24, 2.45) is 0 Å². The van der Waals surface area contributed by atoms with Gasteiger partial charge in [0.05, 0.1) is 18.9 Å². The molecule has 112 valence electrons. The molecule has 21 heavy (non-hydrogen) atoms. The molecular formula is C15H18ClN3O2. The Balaban J connectivity index is 2.02. The van der Waals surface area contributed by atoms with Crippen LogP contribution < -0.4 is 9.47 Å². The van der Waals surface area contributed by atoms with Crippen molar-refractivity contribution in [1.29, 1.82) is 0 Å². The largest absolute Gasteiger partial charge is 0.490 e. The molecule has 3 rings (SSSR count). The fourth-order valence-electron chi connectivity index (χ4n) is 2.30. The molecule has 0 bridgehead atoms. The van der Waals surface area contributed by atoms with Crippen LogP contribution >= 0.6 is 11.6 Å². The van der Waals surface area contributed by atoms with Crippen LogP contribution in [0.3, 0.4) is 0 Å². The van der Waals surface area contributed by atoms with E-state index in [1.165, 1.54) is 0 Å². The van der Waals surface area contributed by atoms with E-state index in [1.807, 2.05) is 36.6 Å². The van der Waals surface area contributed by atoms with Crippen LogP contribution in [0.2, 0.25) is 5.28 Å². The van der Waals surface area contributed by atoms with Gasteiger partial charge in [0, 0.05) is 12.0 Å². The number of hydrogen-bond donors (Lipinski definition) is 0. The normalized spacial score (nSPS) is 14.2. The number of halogens is 1. The SMILES string of the molecule is CCOc1ccc(-n2c(Cl)nnc2C2CC2)cc1OCC. The van der Waals surface area contributed by atoms with E-state index in [9.17, 15) is 0 Å². The van der Waals surface area contributed by atoms with Crippen molar-refractivity contribution < 1.29 is 9.47 Å². The summed E-state index contributed by atoms with van der Waals surface area (Å²) in [6.45, 7) is 5.07. The van der Waals surface area contributed by atoms with E-state index in [1.54, 1.807) is 0 Å². The zero-order valence-electron chi connectivity index (χ0n) is 12.2. The van der Waals surface area contributed by atoms with Crippen molar-refractivity contribution in [2.75, 3.05) is 13.2 Å². The summed E-state index contributed by atoms with van der Waals surface area (Å²) in [6, 6.07) is 5.78. The van der Waals surface area contributed by atoms with Crippen molar-refractivity contribution in [3.8, 4) is 17.2 Å². The molecule has 1 aromatic carbocycles. The lowest BCUT2D eigenvalue weighted by Crippen LogP contribution is -2.03. The molecule has 0 atom stereocenters. The van der Waals surface area contributed by atoms with Gasteiger partial charge in [0.25, 0.3) is 0 Å². The standard InChI is InChI=1S/C15H18ClN3O2/c1-3-20-12-8-7-11(9-13(12)21-4-2)19-14(10-5-6-10)17-18-15(19)16/h7-10H,3-6H2,1-2H3. The van der Waals surface area contributed by atoms with Gasteiger partial charge in [0.1, 0.15) is 5.82 Å². The Kier molecular flexibility index (Phi) is 4.01. The van der Waals surface area contributed by atoms with Crippen LogP contribution in [0.1, 0.15) is 38.4 Å². The van der Waals surface area contributed by atoms with Crippen LogP contribution in [0.15, 0.2) is 18.2 Å². The zero-order valence-corrected chi connectivity index (χ0v) is 12.9. The monoisotopic (exact) mass is 307 g/mol. The lowest BCUT2D eigenvalue weighted by atomic mass is 10.2. The van der Waals surface area contributed by atoms with Gasteiger partial charge in [-0.25, -0.2) is 0 Å². The molecule has 1 aliphatic rings. The third kappa shape index (κ3) is 2.83. The highest BCUT2D eigenvalue weighted by atomic mass is 35.5. The topological polar surface area (TPSA) is 49.2 Å². The summed E-state index contributed by atoms with van der Waals surface area (Å²) in [7, 11) is 0. The number of benzene rings is 1. The molecule has 0 saturated heterocycles. The average Bonchev–Trinajstić information content (AvgIpc) is 3.25. The summed E-state index contributed by atoms with van der Waals surface area (Å²) in [5.41, 5.74) is 0.902. The van der Waals surface area contributed by atoms with Gasteiger partial charge < -0.3 is 9.47 Å². The molecule has 1 aliphatic carbocycles. The molecule has 0 amide bonds. The molecule has 1 saturated carbocycles. The summed E-state index contributed by atoms with van der Waals surface area (Å²) in [5, 5.41) is 8.57. The van der Waals surface area contributed by atoms with Gasteiger partial charge >= 0.3 is 0 Å². The quantitative estimate of drug-likeness (QED) is 0.818. The van der Waals surface area contributed by atoms with Crippen LogP contribution in [0.4, 0.5) is 0 Å². The van der Waals surface area contributed by atoms with E-state index < -0.39 is 0 Å². The minimum atomic E-state index is 0.378. The van der Waals surface area contributed by atoms with E-state index in [4.69, 9.17) is 21.1 Å². The first-order valence-electron chi connectivity index (χ1n) is 7.25. The number of ether oxygens (including phenoxy) is 2. The highest BCUT2D eigenvalue weighted by Crippen LogP contribution is 2.41. The third-order valence-corrected chi connectivity index (χ3v) is 3.62. The smallest absolute Gasteiger partial charge is 0.229 e. The Morgan fingerprint density at radius 1 is 1.14 bits per heavy atom. The molecule has 5 nitrogen and oxygen atoms in total. The number of rotatable bonds is 6. The Morgan fingerprint density at radius 2 is 1.86 bits per heavy atom. The molecular weight excluding hydrogens is 290 g/mol. The Bertz CT molecular complexity index is 638. The van der Waals surface area contributed by atoms with Gasteiger partial charge in [-0.05, 0) is 50.4 Å². The minimum absolute atomic E-state index is 0.378. The average molecular weight is 308 g/mol. The molecule has 1 heterocycles. The Hall–Kier alpha value is -1.75. The summed E-state index contributed by atoms with van der Waals surface area (Å²) >= 11 is 6.20. The fourth-order valence-corrected chi connectivity index (χ4v) is 2.52. The third-order valence-electron chi connectivity index (χ3n) is 3.38. The first kappa shape index (κ1) is 14.2. The van der Waals surface area contributed by atoms with E-state index in [2.05, 4.69) is 10.2 Å². The molecule has 0 aliphatic heterocycles. The van der Waals surface area contributed by atoms with E-state index in [0.717, 1.165) is 30.1 Å². The maximum Gasteiger partial charge on any atom is 0.229 e. The number of aromatic nitrogens is 3. The van der Waals surface area contributed by atoms with Crippen LogP contribution in [-0.2, 0) is 0 Å². The molecule has 1 fully saturated rings. The van der Waals surface area contributed by atoms with Gasteiger partial charge in [0.15, 0.2) is 11.5 Å². The molecule has 1 aromatic heterocycles. The molecule has 0 radical (unpaired) electrons. The minimum Gasteiger partial charge on any atom is -0.490 e. The second kappa shape index (κ2) is 5.93. The lowest BCUT2D eigenvalue weighted by molar-refractivity contribution is 0.287. The first-order chi connectivity index (χ1) is 10.2. The van der Waals surface area contributed by atoms with Gasteiger partial charge in [-0.2, -0.15) is 0 Å². The van der Waals surface area contributed by atoms with Crippen molar-refractivity contribution >= 4 is 11.6 Å². The van der Waals surface area contributed by atoms with Gasteiger partial charge in [-0.1, -0.05) is 0 Å². The first-order valence-corrected chi connectivity index (χ1v) is 7.63. The van der Waals surface area contributed by atoms with Crippen LogP contribution in [0, 0.1) is 0 Å². The van der Waals surface area contributed by atoms with Gasteiger partial charge in [-0.3, -0.25) is 4.57 Å². The highest BCUT2D eigenvalue weighted by molar-refractivity contribution is 6.28. The molecule has 2 aromatic rings. The van der Waals surface area contributed by atoms with Crippen molar-refractivity contribution in [2.45, 2.75) is 32.6 Å². The second-order valence-corrected chi connectivity index (χ2v) is 5.27. The second-order valence-electron chi connectivity index (χ2n) is 4.93. The predicted molar refractivity (Wildman–Crippen MR) is 80.7 cm³/mol. The summed E-state index contributed by atoms with van der Waals surface area (Å²) in [5.74, 6) is 2.84. The van der Waals surface area contributed by atoms with Crippen LogP contribution in [0.25, 0.3) is 5.69 Å². The summed E-state index contributed by atoms with van der Waals surface area (Å²) < 4.78 is 13.1.